The van der Waals surface area contributed by atoms with E-state index in [1.54, 1.807) is 30.1 Å². The third-order valence-corrected chi connectivity index (χ3v) is 3.89. The van der Waals surface area contributed by atoms with Crippen LogP contribution < -0.4 is 5.73 Å². The topological polar surface area (TPSA) is 77.8 Å². The van der Waals surface area contributed by atoms with Gasteiger partial charge in [0.1, 0.15) is 5.82 Å². The van der Waals surface area contributed by atoms with E-state index in [1.165, 1.54) is 10.5 Å². The lowest BCUT2D eigenvalue weighted by Crippen LogP contribution is -1.89. The van der Waals surface area contributed by atoms with E-state index in [2.05, 4.69) is 46.3 Å². The Morgan fingerprint density at radius 3 is 2.76 bits per heavy atom. The van der Waals surface area contributed by atoms with Crippen LogP contribution in [0.2, 0.25) is 0 Å². The first-order valence-electron chi connectivity index (χ1n) is 6.45. The Kier molecular flexibility index (Phi) is 3.87. The van der Waals surface area contributed by atoms with E-state index in [1.807, 2.05) is 0 Å². The Bertz CT molecular complexity index is 739. The van der Waals surface area contributed by atoms with Crippen LogP contribution in [-0.4, -0.2) is 15.1 Å². The van der Waals surface area contributed by atoms with Crippen molar-refractivity contribution in [2.75, 3.05) is 5.73 Å². The molecule has 106 valence electrons. The first-order chi connectivity index (χ1) is 10.2. The average Bonchev–Trinajstić information content (AvgIpc) is 2.96. The Morgan fingerprint density at radius 2 is 2.00 bits per heavy atom. The van der Waals surface area contributed by atoms with Crippen molar-refractivity contribution in [3.8, 4) is 11.5 Å². The second-order valence-corrected chi connectivity index (χ2v) is 5.64. The molecule has 0 spiro atoms. The fourth-order valence-corrected chi connectivity index (χ4v) is 2.54. The number of anilines is 1. The van der Waals surface area contributed by atoms with Crippen LogP contribution >= 0.6 is 11.8 Å². The van der Waals surface area contributed by atoms with Crippen molar-refractivity contribution in [3.63, 3.8) is 0 Å². The number of nitrogens with zero attached hydrogens (tertiary/aromatic N) is 3. The molecule has 3 aromatic rings. The molecular formula is C15H14N4OS. The molecule has 2 aromatic heterocycles. The van der Waals surface area contributed by atoms with Gasteiger partial charge in [-0.05, 0) is 31.2 Å². The van der Waals surface area contributed by atoms with E-state index in [0.717, 1.165) is 5.56 Å². The third-order valence-electron chi connectivity index (χ3n) is 2.89. The maximum atomic E-state index is 5.64. The summed E-state index contributed by atoms with van der Waals surface area (Å²) >= 11 is 1.67. The minimum atomic E-state index is 0.432. The van der Waals surface area contributed by atoms with Crippen LogP contribution in [0.5, 0.6) is 0 Å². The van der Waals surface area contributed by atoms with Crippen LogP contribution in [0.15, 0.2) is 52.0 Å². The number of hydrogen-bond acceptors (Lipinski definition) is 6. The zero-order valence-electron chi connectivity index (χ0n) is 11.5. The Balaban J connectivity index is 1.69. The first kappa shape index (κ1) is 13.6. The van der Waals surface area contributed by atoms with Gasteiger partial charge in [0, 0.05) is 16.7 Å². The molecule has 5 nitrogen and oxygen atoms in total. The highest BCUT2D eigenvalue weighted by Crippen LogP contribution is 2.24. The Morgan fingerprint density at radius 1 is 1.19 bits per heavy atom. The normalized spacial score (nSPS) is 10.7. The number of aryl methyl sites for hydroxylation is 1. The molecule has 0 unspecified atom stereocenters. The predicted octanol–water partition coefficient (Wildman–Crippen LogP) is 3.31. The number of benzene rings is 1. The van der Waals surface area contributed by atoms with Crippen LogP contribution in [0.1, 0.15) is 11.4 Å². The molecule has 1 aromatic carbocycles. The van der Waals surface area contributed by atoms with Gasteiger partial charge in [0.05, 0.1) is 5.75 Å². The van der Waals surface area contributed by atoms with Gasteiger partial charge in [-0.3, -0.25) is 0 Å². The minimum Gasteiger partial charge on any atom is -0.384 e. The summed E-state index contributed by atoms with van der Waals surface area (Å²) in [6.07, 6.45) is 1.62. The van der Waals surface area contributed by atoms with Gasteiger partial charge in [0.2, 0.25) is 0 Å². The van der Waals surface area contributed by atoms with Crippen molar-refractivity contribution in [1.82, 2.24) is 15.1 Å². The first-order valence-corrected chi connectivity index (χ1v) is 7.43. The molecule has 0 aliphatic rings. The molecule has 0 atom stereocenters. The van der Waals surface area contributed by atoms with Gasteiger partial charge in [-0.25, -0.2) is 4.98 Å². The lowest BCUT2D eigenvalue weighted by atomic mass is 10.2. The molecule has 2 heterocycles. The Labute approximate surface area is 126 Å². The average molecular weight is 298 g/mol. The minimum absolute atomic E-state index is 0.432. The largest absolute Gasteiger partial charge is 0.384 e. The Hall–Kier alpha value is -2.34. The van der Waals surface area contributed by atoms with Crippen LogP contribution in [0, 0.1) is 6.92 Å². The predicted molar refractivity (Wildman–Crippen MR) is 82.7 cm³/mol. The van der Waals surface area contributed by atoms with E-state index in [-0.39, 0.29) is 0 Å². The highest BCUT2D eigenvalue weighted by Gasteiger charge is 2.09. The number of aromatic nitrogens is 3. The van der Waals surface area contributed by atoms with Gasteiger partial charge < -0.3 is 10.3 Å². The quantitative estimate of drug-likeness (QED) is 0.744. The molecule has 3 rings (SSSR count). The number of nitrogen functional groups attached to an aromatic ring is 1. The molecule has 0 saturated carbocycles. The van der Waals surface area contributed by atoms with Gasteiger partial charge >= 0.3 is 0 Å². The molecule has 0 bridgehead atoms. The summed E-state index contributed by atoms with van der Waals surface area (Å²) in [5, 5.41) is 3.99. The molecule has 0 aliphatic heterocycles. The van der Waals surface area contributed by atoms with Crippen molar-refractivity contribution in [2.24, 2.45) is 0 Å². The molecular weight excluding hydrogens is 284 g/mol. The number of nitrogens with two attached hydrogens (primary N) is 1. The van der Waals surface area contributed by atoms with Crippen LogP contribution in [0.25, 0.3) is 11.5 Å². The fraction of sp³-hybridized carbons (Fsp3) is 0.133. The number of thioether (sulfide) groups is 1. The van der Waals surface area contributed by atoms with E-state index in [4.69, 9.17) is 10.3 Å². The molecule has 0 radical (unpaired) electrons. The van der Waals surface area contributed by atoms with Crippen LogP contribution in [0.3, 0.4) is 0 Å². The van der Waals surface area contributed by atoms with Gasteiger partial charge in [-0.1, -0.05) is 22.9 Å². The summed E-state index contributed by atoms with van der Waals surface area (Å²) in [5.74, 6) is 2.21. The highest BCUT2D eigenvalue weighted by atomic mass is 32.2. The summed E-state index contributed by atoms with van der Waals surface area (Å²) in [6, 6.07) is 11.9. The zero-order valence-corrected chi connectivity index (χ0v) is 12.3. The van der Waals surface area contributed by atoms with Gasteiger partial charge in [-0.2, -0.15) is 4.98 Å². The van der Waals surface area contributed by atoms with E-state index >= 15 is 0 Å². The number of rotatable bonds is 4. The maximum Gasteiger partial charge on any atom is 0.258 e. The summed E-state index contributed by atoms with van der Waals surface area (Å²) in [4.78, 5) is 9.49. The molecule has 21 heavy (non-hydrogen) atoms. The van der Waals surface area contributed by atoms with Crippen LogP contribution in [0.4, 0.5) is 5.82 Å². The standard InChI is InChI=1S/C15H14N4OS/c1-10-2-4-12(5-3-10)21-9-14-18-15(20-19-14)11-6-7-17-13(16)8-11/h2-8H,9H2,1H3,(H2,16,17). The van der Waals surface area contributed by atoms with Gasteiger partial charge in [0.15, 0.2) is 5.82 Å². The molecule has 0 amide bonds. The van der Waals surface area contributed by atoms with Crippen molar-refractivity contribution in [3.05, 3.63) is 54.0 Å². The second kappa shape index (κ2) is 5.97. The molecule has 6 heteroatoms. The SMILES string of the molecule is Cc1ccc(SCc2noc(-c3ccnc(N)c3)n2)cc1. The summed E-state index contributed by atoms with van der Waals surface area (Å²) in [6.45, 7) is 2.07. The lowest BCUT2D eigenvalue weighted by Gasteiger charge is -1.98. The molecule has 0 aliphatic carbocycles. The summed E-state index contributed by atoms with van der Waals surface area (Å²) in [5.41, 5.74) is 7.67. The highest BCUT2D eigenvalue weighted by molar-refractivity contribution is 7.98. The number of hydrogen-bond donors (Lipinski definition) is 1. The monoisotopic (exact) mass is 298 g/mol. The smallest absolute Gasteiger partial charge is 0.258 e. The van der Waals surface area contributed by atoms with E-state index < -0.39 is 0 Å². The molecule has 2 N–H and O–H groups in total. The van der Waals surface area contributed by atoms with Crippen molar-refractivity contribution >= 4 is 17.6 Å². The van der Waals surface area contributed by atoms with Crippen LogP contribution in [-0.2, 0) is 5.75 Å². The molecule has 0 fully saturated rings. The van der Waals surface area contributed by atoms with E-state index in [0.29, 0.717) is 23.3 Å². The number of pyridine rings is 1. The zero-order chi connectivity index (χ0) is 14.7. The lowest BCUT2D eigenvalue weighted by molar-refractivity contribution is 0.425. The van der Waals surface area contributed by atoms with E-state index in [9.17, 15) is 0 Å². The molecule has 0 saturated heterocycles. The third kappa shape index (κ3) is 3.41. The van der Waals surface area contributed by atoms with Gasteiger partial charge in [-0.15, -0.1) is 11.8 Å². The summed E-state index contributed by atoms with van der Waals surface area (Å²) in [7, 11) is 0. The fourth-order valence-electron chi connectivity index (χ4n) is 1.79. The van der Waals surface area contributed by atoms with Crippen molar-refractivity contribution < 1.29 is 4.52 Å². The second-order valence-electron chi connectivity index (χ2n) is 4.59. The van der Waals surface area contributed by atoms with Gasteiger partial charge in [0.25, 0.3) is 5.89 Å². The summed E-state index contributed by atoms with van der Waals surface area (Å²) < 4.78 is 5.26. The van der Waals surface area contributed by atoms with Crippen molar-refractivity contribution in [2.45, 2.75) is 17.6 Å². The van der Waals surface area contributed by atoms with Crippen molar-refractivity contribution in [1.29, 1.82) is 0 Å². The maximum absolute atomic E-state index is 5.64.